The number of fused-ring (bicyclic) bond motifs is 1. The van der Waals surface area contributed by atoms with Gasteiger partial charge in [-0.3, -0.25) is 4.90 Å². The SMILES string of the molecule is OC[C@H]1CCCCN1C[C@@H]1CCCN2CCCC[C@H]12. The van der Waals surface area contributed by atoms with Gasteiger partial charge in [0.1, 0.15) is 0 Å². The van der Waals surface area contributed by atoms with Gasteiger partial charge in [-0.25, -0.2) is 0 Å². The Labute approximate surface area is 118 Å². The van der Waals surface area contributed by atoms with Crippen LogP contribution in [0.15, 0.2) is 0 Å². The topological polar surface area (TPSA) is 26.7 Å². The van der Waals surface area contributed by atoms with E-state index in [4.69, 9.17) is 0 Å². The van der Waals surface area contributed by atoms with Gasteiger partial charge in [0, 0.05) is 18.6 Å². The van der Waals surface area contributed by atoms with E-state index >= 15 is 0 Å². The molecule has 3 aliphatic heterocycles. The second-order valence-corrected chi connectivity index (χ2v) is 6.83. The van der Waals surface area contributed by atoms with Gasteiger partial charge in [-0.1, -0.05) is 12.8 Å². The first-order valence-electron chi connectivity index (χ1n) is 8.47. The summed E-state index contributed by atoms with van der Waals surface area (Å²) in [4.78, 5) is 5.36. The molecule has 0 aromatic heterocycles. The number of rotatable bonds is 3. The highest BCUT2D eigenvalue weighted by Gasteiger charge is 2.35. The minimum absolute atomic E-state index is 0.362. The summed E-state index contributed by atoms with van der Waals surface area (Å²) in [6.07, 6.45) is 10.9. The van der Waals surface area contributed by atoms with Gasteiger partial charge < -0.3 is 10.0 Å². The van der Waals surface area contributed by atoms with Crippen molar-refractivity contribution in [3.63, 3.8) is 0 Å². The van der Waals surface area contributed by atoms with Gasteiger partial charge in [-0.2, -0.15) is 0 Å². The molecule has 3 fully saturated rings. The van der Waals surface area contributed by atoms with Crippen LogP contribution in [0.1, 0.15) is 51.4 Å². The maximum absolute atomic E-state index is 9.57. The van der Waals surface area contributed by atoms with Crippen molar-refractivity contribution in [1.82, 2.24) is 9.80 Å². The summed E-state index contributed by atoms with van der Waals surface area (Å²) < 4.78 is 0. The van der Waals surface area contributed by atoms with Crippen molar-refractivity contribution in [1.29, 1.82) is 0 Å². The Bertz CT molecular complexity index is 282. The first kappa shape index (κ1) is 13.8. The Hall–Kier alpha value is -0.120. The van der Waals surface area contributed by atoms with Gasteiger partial charge in [-0.15, -0.1) is 0 Å². The van der Waals surface area contributed by atoms with Crippen LogP contribution in [0.25, 0.3) is 0 Å². The molecule has 3 rings (SSSR count). The Kier molecular flexibility index (Phi) is 4.78. The molecule has 1 N–H and O–H groups in total. The van der Waals surface area contributed by atoms with E-state index in [2.05, 4.69) is 9.80 Å². The summed E-state index contributed by atoms with van der Waals surface area (Å²) in [6, 6.07) is 1.30. The molecule has 0 radical (unpaired) electrons. The lowest BCUT2D eigenvalue weighted by Gasteiger charge is -2.47. The van der Waals surface area contributed by atoms with Crippen LogP contribution in [-0.4, -0.2) is 59.8 Å². The Morgan fingerprint density at radius 2 is 1.63 bits per heavy atom. The summed E-state index contributed by atoms with van der Waals surface area (Å²) >= 11 is 0. The van der Waals surface area contributed by atoms with Crippen LogP contribution < -0.4 is 0 Å². The van der Waals surface area contributed by atoms with E-state index in [1.807, 2.05) is 0 Å². The predicted molar refractivity (Wildman–Crippen MR) is 78.2 cm³/mol. The number of aliphatic hydroxyl groups excluding tert-OH is 1. The third-order valence-electron chi connectivity index (χ3n) is 5.66. The van der Waals surface area contributed by atoms with Crippen molar-refractivity contribution in [3.05, 3.63) is 0 Å². The van der Waals surface area contributed by atoms with Crippen molar-refractivity contribution in [3.8, 4) is 0 Å². The molecule has 0 saturated carbocycles. The van der Waals surface area contributed by atoms with Crippen LogP contribution in [0, 0.1) is 5.92 Å². The van der Waals surface area contributed by atoms with Crippen LogP contribution in [0.4, 0.5) is 0 Å². The summed E-state index contributed by atoms with van der Waals surface area (Å²) in [7, 11) is 0. The molecule has 3 saturated heterocycles. The molecule has 0 aromatic carbocycles. The van der Waals surface area contributed by atoms with Crippen molar-refractivity contribution >= 4 is 0 Å². The smallest absolute Gasteiger partial charge is 0.0586 e. The van der Waals surface area contributed by atoms with Crippen LogP contribution in [0.3, 0.4) is 0 Å². The molecule has 0 aromatic rings. The van der Waals surface area contributed by atoms with Crippen LogP contribution in [0.2, 0.25) is 0 Å². The Balaban J connectivity index is 1.60. The largest absolute Gasteiger partial charge is 0.395 e. The summed E-state index contributed by atoms with van der Waals surface area (Å²) in [5, 5.41) is 9.57. The monoisotopic (exact) mass is 266 g/mol. The molecule has 3 heteroatoms. The quantitative estimate of drug-likeness (QED) is 0.847. The average molecular weight is 266 g/mol. The molecule has 0 amide bonds. The Morgan fingerprint density at radius 3 is 2.53 bits per heavy atom. The molecule has 3 nitrogen and oxygen atoms in total. The predicted octanol–water partition coefficient (Wildman–Crippen LogP) is 2.10. The first-order valence-corrected chi connectivity index (χ1v) is 8.47. The summed E-state index contributed by atoms with van der Waals surface area (Å²) in [5.74, 6) is 0.862. The van der Waals surface area contributed by atoms with Gasteiger partial charge >= 0.3 is 0 Å². The maximum atomic E-state index is 9.57. The highest BCUT2D eigenvalue weighted by Crippen LogP contribution is 2.32. The molecular formula is C16H30N2O. The second kappa shape index (κ2) is 6.55. The second-order valence-electron chi connectivity index (χ2n) is 6.83. The third kappa shape index (κ3) is 3.14. The molecule has 0 aliphatic carbocycles. The maximum Gasteiger partial charge on any atom is 0.0586 e. The molecule has 0 unspecified atom stereocenters. The summed E-state index contributed by atoms with van der Waals surface area (Å²) in [5.41, 5.74) is 0. The highest BCUT2D eigenvalue weighted by molar-refractivity contribution is 4.90. The standard InChI is InChI=1S/C16H30N2O/c19-13-15-7-1-3-10-18(15)12-14-6-5-11-17-9-4-2-8-16(14)17/h14-16,19H,1-13H2/t14-,15+,16+/m0/s1. The van der Waals surface area contributed by atoms with Crippen molar-refractivity contribution in [2.75, 3.05) is 32.8 Å². The van der Waals surface area contributed by atoms with Crippen LogP contribution >= 0.6 is 0 Å². The number of aliphatic hydroxyl groups is 1. The number of nitrogens with zero attached hydrogens (tertiary/aromatic N) is 2. The molecule has 110 valence electrons. The van der Waals surface area contributed by atoms with Gasteiger partial charge in [0.05, 0.1) is 6.61 Å². The molecule has 3 aliphatic rings. The molecule has 3 atom stereocenters. The first-order chi connectivity index (χ1) is 9.38. The van der Waals surface area contributed by atoms with Gasteiger partial charge in [0.25, 0.3) is 0 Å². The van der Waals surface area contributed by atoms with Crippen molar-refractivity contribution in [2.24, 2.45) is 5.92 Å². The zero-order chi connectivity index (χ0) is 13.1. The fourth-order valence-corrected chi connectivity index (χ4v) is 4.60. The lowest BCUT2D eigenvalue weighted by atomic mass is 9.82. The van der Waals surface area contributed by atoms with E-state index < -0.39 is 0 Å². The number of hydrogen-bond acceptors (Lipinski definition) is 3. The van der Waals surface area contributed by atoms with Crippen molar-refractivity contribution < 1.29 is 5.11 Å². The molecule has 0 spiro atoms. The Morgan fingerprint density at radius 1 is 0.842 bits per heavy atom. The zero-order valence-electron chi connectivity index (χ0n) is 12.3. The third-order valence-corrected chi connectivity index (χ3v) is 5.66. The van der Waals surface area contributed by atoms with Crippen molar-refractivity contribution in [2.45, 2.75) is 63.5 Å². The fraction of sp³-hybridized carbons (Fsp3) is 1.00. The average Bonchev–Trinajstić information content (AvgIpc) is 2.48. The minimum Gasteiger partial charge on any atom is -0.395 e. The zero-order valence-corrected chi connectivity index (χ0v) is 12.3. The van der Waals surface area contributed by atoms with E-state index in [9.17, 15) is 5.11 Å². The van der Waals surface area contributed by atoms with Gasteiger partial charge in [0.2, 0.25) is 0 Å². The van der Waals surface area contributed by atoms with Gasteiger partial charge in [0.15, 0.2) is 0 Å². The van der Waals surface area contributed by atoms with Crippen LogP contribution in [-0.2, 0) is 0 Å². The van der Waals surface area contributed by atoms with Crippen LogP contribution in [0.5, 0.6) is 0 Å². The van der Waals surface area contributed by atoms with E-state index in [-0.39, 0.29) is 0 Å². The van der Waals surface area contributed by atoms with Gasteiger partial charge in [-0.05, 0) is 64.1 Å². The highest BCUT2D eigenvalue weighted by atomic mass is 16.3. The number of hydrogen-bond donors (Lipinski definition) is 1. The molecule has 3 heterocycles. The van der Waals surface area contributed by atoms with E-state index in [1.54, 1.807) is 0 Å². The molecule has 0 bridgehead atoms. The lowest BCUT2D eigenvalue weighted by Crippen LogP contribution is -2.53. The number of likely N-dealkylation sites (tertiary alicyclic amines) is 1. The van der Waals surface area contributed by atoms with E-state index in [1.165, 1.54) is 77.5 Å². The summed E-state index contributed by atoms with van der Waals surface area (Å²) in [6.45, 7) is 5.50. The van der Waals surface area contributed by atoms with E-state index in [0.717, 1.165) is 12.0 Å². The number of piperidine rings is 3. The fourth-order valence-electron chi connectivity index (χ4n) is 4.60. The normalized spacial score (nSPS) is 38.1. The van der Waals surface area contributed by atoms with E-state index in [0.29, 0.717) is 12.6 Å². The molecule has 19 heavy (non-hydrogen) atoms. The molecular weight excluding hydrogens is 236 g/mol. The lowest BCUT2D eigenvalue weighted by molar-refractivity contribution is 0.0140. The minimum atomic E-state index is 0.362.